The number of ether oxygens (including phenoxy) is 1. The Hall–Kier alpha value is -1.21. The third-order valence-corrected chi connectivity index (χ3v) is 4.11. The smallest absolute Gasteiger partial charge is 0.316 e. The number of para-hydroxylation sites is 1. The molecule has 2 rings (SSSR count). The van der Waals surface area contributed by atoms with E-state index in [1.54, 1.807) is 0 Å². The number of benzene rings is 1. The molecule has 0 aliphatic rings. The second-order valence-corrected chi connectivity index (χ2v) is 5.56. The first-order valence-electron chi connectivity index (χ1n) is 5.07. The lowest BCUT2D eigenvalue weighted by atomic mass is 10.3. The number of halogens is 2. The average Bonchev–Trinajstić information content (AvgIpc) is 2.76. The Morgan fingerprint density at radius 1 is 1.44 bits per heavy atom. The third-order valence-electron chi connectivity index (χ3n) is 1.96. The number of esters is 1. The Kier molecular flexibility index (Phi) is 4.48. The summed E-state index contributed by atoms with van der Waals surface area (Å²) in [5, 5.41) is 0. The molecule has 0 amide bonds. The number of alkyl halides is 2. The normalized spacial score (nSPS) is 11.1. The van der Waals surface area contributed by atoms with Gasteiger partial charge in [-0.15, -0.1) is 11.3 Å². The second kappa shape index (κ2) is 6.10. The molecule has 0 atom stereocenters. The van der Waals surface area contributed by atoms with Crippen LogP contribution in [0.3, 0.4) is 0 Å². The molecule has 3 nitrogen and oxygen atoms in total. The summed E-state index contributed by atoms with van der Waals surface area (Å²) in [6.45, 7) is -0.848. The van der Waals surface area contributed by atoms with Crippen molar-refractivity contribution in [3.8, 4) is 0 Å². The van der Waals surface area contributed by atoms with E-state index in [0.717, 1.165) is 14.6 Å². The number of rotatable bonds is 5. The molecule has 0 saturated heterocycles. The van der Waals surface area contributed by atoms with Gasteiger partial charge in [-0.3, -0.25) is 4.79 Å². The minimum absolute atomic E-state index is 0.00740. The number of thioether (sulfide) groups is 1. The second-order valence-electron chi connectivity index (χ2n) is 3.31. The largest absolute Gasteiger partial charge is 0.459 e. The highest BCUT2D eigenvalue weighted by Gasteiger charge is 2.11. The van der Waals surface area contributed by atoms with Gasteiger partial charge < -0.3 is 4.74 Å². The van der Waals surface area contributed by atoms with Crippen LogP contribution in [0.5, 0.6) is 0 Å². The maximum absolute atomic E-state index is 11.8. The van der Waals surface area contributed by atoms with Crippen LogP contribution in [0, 0.1) is 0 Å². The summed E-state index contributed by atoms with van der Waals surface area (Å²) < 4.78 is 29.7. The Labute approximate surface area is 110 Å². The van der Waals surface area contributed by atoms with E-state index in [1.807, 2.05) is 24.3 Å². The van der Waals surface area contributed by atoms with Crippen molar-refractivity contribution in [2.75, 3.05) is 12.4 Å². The fourth-order valence-corrected chi connectivity index (χ4v) is 3.10. The molecule has 0 unspecified atom stereocenters. The van der Waals surface area contributed by atoms with Crippen molar-refractivity contribution in [3.05, 3.63) is 24.3 Å². The number of carbonyl (C=O) groups is 1. The van der Waals surface area contributed by atoms with Crippen LogP contribution in [0.15, 0.2) is 28.6 Å². The van der Waals surface area contributed by atoms with Crippen molar-refractivity contribution in [2.45, 2.75) is 10.8 Å². The fourth-order valence-electron chi connectivity index (χ4n) is 1.23. The zero-order chi connectivity index (χ0) is 13.0. The number of thiazole rings is 1. The van der Waals surface area contributed by atoms with E-state index < -0.39 is 19.0 Å². The average molecular weight is 289 g/mol. The summed E-state index contributed by atoms with van der Waals surface area (Å²) in [6, 6.07) is 7.61. The van der Waals surface area contributed by atoms with E-state index in [0.29, 0.717) is 0 Å². The van der Waals surface area contributed by atoms with Gasteiger partial charge >= 0.3 is 5.97 Å². The van der Waals surface area contributed by atoms with Gasteiger partial charge in [0.05, 0.1) is 16.0 Å². The van der Waals surface area contributed by atoms with E-state index in [-0.39, 0.29) is 5.75 Å². The van der Waals surface area contributed by atoms with Gasteiger partial charge in [-0.2, -0.15) is 0 Å². The molecular weight excluding hydrogens is 280 g/mol. The Morgan fingerprint density at radius 3 is 2.94 bits per heavy atom. The minimum atomic E-state index is -2.62. The highest BCUT2D eigenvalue weighted by Crippen LogP contribution is 2.29. The molecule has 18 heavy (non-hydrogen) atoms. The lowest BCUT2D eigenvalue weighted by Gasteiger charge is -2.01. The molecule has 1 aromatic heterocycles. The van der Waals surface area contributed by atoms with Crippen LogP contribution in [0.4, 0.5) is 8.78 Å². The third kappa shape index (κ3) is 3.64. The Morgan fingerprint density at radius 2 is 2.22 bits per heavy atom. The number of aromatic nitrogens is 1. The van der Waals surface area contributed by atoms with Crippen LogP contribution < -0.4 is 0 Å². The zero-order valence-electron chi connectivity index (χ0n) is 9.14. The summed E-state index contributed by atoms with van der Waals surface area (Å²) in [7, 11) is 0. The summed E-state index contributed by atoms with van der Waals surface area (Å²) in [4.78, 5) is 15.4. The zero-order valence-corrected chi connectivity index (χ0v) is 10.8. The summed E-state index contributed by atoms with van der Waals surface area (Å²) in [5.74, 6) is -0.661. The lowest BCUT2D eigenvalue weighted by molar-refractivity contribution is -0.144. The molecule has 0 radical (unpaired) electrons. The Balaban J connectivity index is 1.88. The van der Waals surface area contributed by atoms with Crippen LogP contribution >= 0.6 is 23.1 Å². The van der Waals surface area contributed by atoms with Crippen molar-refractivity contribution >= 4 is 39.3 Å². The molecule has 1 heterocycles. The standard InChI is InChI=1S/C11H9F2NO2S2/c12-9(13)5-16-10(15)6-17-11-14-7-3-1-2-4-8(7)18-11/h1-4,9H,5-6H2. The predicted octanol–water partition coefficient (Wildman–Crippen LogP) is 3.20. The highest BCUT2D eigenvalue weighted by molar-refractivity contribution is 8.01. The predicted molar refractivity (Wildman–Crippen MR) is 67.3 cm³/mol. The molecule has 96 valence electrons. The van der Waals surface area contributed by atoms with Crippen molar-refractivity contribution < 1.29 is 18.3 Å². The first-order valence-corrected chi connectivity index (χ1v) is 6.87. The van der Waals surface area contributed by atoms with Gasteiger partial charge in [0.2, 0.25) is 0 Å². The maximum Gasteiger partial charge on any atom is 0.316 e. The lowest BCUT2D eigenvalue weighted by Crippen LogP contribution is -2.13. The molecule has 0 spiro atoms. The van der Waals surface area contributed by atoms with Gasteiger partial charge in [-0.25, -0.2) is 13.8 Å². The van der Waals surface area contributed by atoms with Crippen LogP contribution in [0.1, 0.15) is 0 Å². The number of carbonyl (C=O) groups excluding carboxylic acids is 1. The minimum Gasteiger partial charge on any atom is -0.459 e. The van der Waals surface area contributed by atoms with Crippen LogP contribution in [0.2, 0.25) is 0 Å². The first-order chi connectivity index (χ1) is 8.65. The van der Waals surface area contributed by atoms with E-state index in [9.17, 15) is 13.6 Å². The number of nitrogens with zero attached hydrogens (tertiary/aromatic N) is 1. The van der Waals surface area contributed by atoms with E-state index >= 15 is 0 Å². The topological polar surface area (TPSA) is 39.2 Å². The summed E-state index contributed by atoms with van der Waals surface area (Å²) in [6.07, 6.45) is -2.62. The van der Waals surface area contributed by atoms with Crippen LogP contribution in [0.25, 0.3) is 10.2 Å². The summed E-state index contributed by atoms with van der Waals surface area (Å²) in [5.41, 5.74) is 0.867. The van der Waals surface area contributed by atoms with Gasteiger partial charge in [0, 0.05) is 0 Å². The number of hydrogen-bond acceptors (Lipinski definition) is 5. The van der Waals surface area contributed by atoms with Crippen molar-refractivity contribution in [2.24, 2.45) is 0 Å². The molecule has 0 aliphatic carbocycles. The monoisotopic (exact) mass is 289 g/mol. The van der Waals surface area contributed by atoms with E-state index in [1.165, 1.54) is 23.1 Å². The van der Waals surface area contributed by atoms with Crippen molar-refractivity contribution in [1.29, 1.82) is 0 Å². The van der Waals surface area contributed by atoms with Gasteiger partial charge in [0.15, 0.2) is 10.9 Å². The van der Waals surface area contributed by atoms with Gasteiger partial charge in [0.1, 0.15) is 0 Å². The fraction of sp³-hybridized carbons (Fsp3) is 0.273. The molecule has 0 saturated carbocycles. The Bertz CT molecular complexity index is 512. The van der Waals surface area contributed by atoms with Gasteiger partial charge in [0.25, 0.3) is 6.43 Å². The summed E-state index contributed by atoms with van der Waals surface area (Å²) >= 11 is 2.65. The molecule has 1 aromatic carbocycles. The molecule has 0 fully saturated rings. The van der Waals surface area contributed by atoms with Crippen molar-refractivity contribution in [3.63, 3.8) is 0 Å². The van der Waals surface area contributed by atoms with E-state index in [4.69, 9.17) is 0 Å². The van der Waals surface area contributed by atoms with Crippen LogP contribution in [-0.2, 0) is 9.53 Å². The molecule has 0 bridgehead atoms. The van der Waals surface area contributed by atoms with Gasteiger partial charge in [-0.05, 0) is 12.1 Å². The molecule has 0 aliphatic heterocycles. The molecule has 0 N–H and O–H groups in total. The maximum atomic E-state index is 11.8. The number of fused-ring (bicyclic) bond motifs is 1. The molecule has 7 heteroatoms. The van der Waals surface area contributed by atoms with Crippen molar-refractivity contribution in [1.82, 2.24) is 4.98 Å². The van der Waals surface area contributed by atoms with E-state index in [2.05, 4.69) is 9.72 Å². The molecule has 2 aromatic rings. The SMILES string of the molecule is O=C(CSc1nc2ccccc2s1)OCC(F)F. The molecular formula is C11H9F2NO2S2. The number of hydrogen-bond donors (Lipinski definition) is 0. The van der Waals surface area contributed by atoms with Gasteiger partial charge in [-0.1, -0.05) is 23.9 Å². The quantitative estimate of drug-likeness (QED) is 0.626. The highest BCUT2D eigenvalue weighted by atomic mass is 32.2. The first kappa shape index (κ1) is 13.2. The van der Waals surface area contributed by atoms with Crippen LogP contribution in [-0.4, -0.2) is 29.7 Å².